The van der Waals surface area contributed by atoms with Crippen LogP contribution in [0.1, 0.15) is 44.1 Å². The molecule has 2 amide bonds. The highest BCUT2D eigenvalue weighted by Crippen LogP contribution is 2.61. The van der Waals surface area contributed by atoms with Crippen LogP contribution in [0.4, 0.5) is 5.69 Å². The lowest BCUT2D eigenvalue weighted by Gasteiger charge is -2.35. The molecule has 0 aromatic heterocycles. The lowest BCUT2D eigenvalue weighted by molar-refractivity contribution is -0.153. The molecule has 0 saturated carbocycles. The van der Waals surface area contributed by atoms with Gasteiger partial charge in [-0.3, -0.25) is 14.4 Å². The number of benzene rings is 1. The predicted octanol–water partition coefficient (Wildman–Crippen LogP) is 4.29. The standard InChI is InChI=1S/C29H35ClN2O5S/c1-19-11-9-12-20(30)24(19)31-16-10-14-29-23(22-21(38-29)13-5-4-8-18-37-28(22)36)26(34)32(25(29)27(31)35)15-6-2-3-7-17-33/h5,9-14,21-23,25,33H,2-4,6-8,15-18H2,1H3/b13-5-/t21-,22+,23+,25?,29+/m1/s1. The number of carbonyl (C=O) groups excluding carboxylic acids is 3. The number of allylic oxidation sites excluding steroid dienone is 1. The molecular weight excluding hydrogens is 524 g/mol. The predicted molar refractivity (Wildman–Crippen MR) is 149 cm³/mol. The van der Waals surface area contributed by atoms with Crippen molar-refractivity contribution in [2.45, 2.75) is 61.5 Å². The molecule has 4 aliphatic rings. The van der Waals surface area contributed by atoms with Crippen LogP contribution < -0.4 is 4.90 Å². The van der Waals surface area contributed by atoms with Gasteiger partial charge in [-0.1, -0.05) is 60.9 Å². The number of ether oxygens (including phenoxy) is 1. The zero-order valence-corrected chi connectivity index (χ0v) is 23.3. The van der Waals surface area contributed by atoms with E-state index in [2.05, 4.69) is 6.08 Å². The van der Waals surface area contributed by atoms with Gasteiger partial charge >= 0.3 is 5.97 Å². The second kappa shape index (κ2) is 11.4. The third-order valence-electron chi connectivity index (χ3n) is 8.12. The summed E-state index contributed by atoms with van der Waals surface area (Å²) in [4.78, 5) is 45.4. The minimum atomic E-state index is -0.874. The number of aryl methyl sites for hydroxylation is 1. The van der Waals surface area contributed by atoms with E-state index in [0.29, 0.717) is 36.8 Å². The van der Waals surface area contributed by atoms with Crippen molar-refractivity contribution >= 4 is 46.8 Å². The summed E-state index contributed by atoms with van der Waals surface area (Å²) in [5.41, 5.74) is 1.54. The van der Waals surface area contributed by atoms with Crippen molar-refractivity contribution < 1.29 is 24.2 Å². The van der Waals surface area contributed by atoms with Crippen molar-refractivity contribution in [3.63, 3.8) is 0 Å². The Bertz CT molecular complexity index is 1140. The highest BCUT2D eigenvalue weighted by molar-refractivity contribution is 8.02. The van der Waals surface area contributed by atoms with E-state index in [9.17, 15) is 14.4 Å². The minimum absolute atomic E-state index is 0.140. The van der Waals surface area contributed by atoms with Gasteiger partial charge in [0, 0.05) is 24.9 Å². The van der Waals surface area contributed by atoms with E-state index in [-0.39, 0.29) is 29.6 Å². The Hall–Kier alpha value is -2.29. The lowest BCUT2D eigenvalue weighted by Crippen LogP contribution is -2.53. The van der Waals surface area contributed by atoms with Gasteiger partial charge in [0.05, 0.1) is 33.9 Å². The van der Waals surface area contributed by atoms with Crippen LogP contribution in [0.3, 0.4) is 0 Å². The zero-order chi connectivity index (χ0) is 26.9. The summed E-state index contributed by atoms with van der Waals surface area (Å²) in [6.45, 7) is 3.16. The Morgan fingerprint density at radius 2 is 1.95 bits per heavy atom. The van der Waals surface area contributed by atoms with Gasteiger partial charge in [-0.15, -0.1) is 11.8 Å². The van der Waals surface area contributed by atoms with Crippen LogP contribution in [0, 0.1) is 18.8 Å². The smallest absolute Gasteiger partial charge is 0.311 e. The average molecular weight is 559 g/mol. The minimum Gasteiger partial charge on any atom is -0.465 e. The number of thioether (sulfide) groups is 1. The topological polar surface area (TPSA) is 87.2 Å². The molecule has 38 heavy (non-hydrogen) atoms. The first-order valence-corrected chi connectivity index (χ1v) is 14.8. The molecule has 1 aromatic carbocycles. The van der Waals surface area contributed by atoms with Crippen LogP contribution >= 0.6 is 23.4 Å². The van der Waals surface area contributed by atoms with Gasteiger partial charge < -0.3 is 19.6 Å². The number of unbranched alkanes of at least 4 members (excludes halogenated alkanes) is 3. The van der Waals surface area contributed by atoms with Crippen molar-refractivity contribution in [2.75, 3.05) is 31.2 Å². The van der Waals surface area contributed by atoms with E-state index < -0.39 is 22.6 Å². The van der Waals surface area contributed by atoms with Crippen LogP contribution in [0.25, 0.3) is 0 Å². The third-order valence-corrected chi connectivity index (χ3v) is 10.2. The molecule has 5 atom stereocenters. The van der Waals surface area contributed by atoms with Crippen LogP contribution in [-0.2, 0) is 19.1 Å². The number of aliphatic hydroxyl groups excluding tert-OH is 1. The van der Waals surface area contributed by atoms with Crippen LogP contribution in [-0.4, -0.2) is 70.1 Å². The first kappa shape index (κ1) is 27.3. The highest BCUT2D eigenvalue weighted by Gasteiger charge is 2.71. The number of fused-ring (bicyclic) bond motifs is 2. The summed E-state index contributed by atoms with van der Waals surface area (Å²) < 4.78 is 4.75. The van der Waals surface area contributed by atoms with Crippen molar-refractivity contribution in [1.82, 2.24) is 4.90 Å². The monoisotopic (exact) mass is 558 g/mol. The lowest BCUT2D eigenvalue weighted by atomic mass is 9.78. The zero-order valence-electron chi connectivity index (χ0n) is 21.7. The molecule has 4 heterocycles. The van der Waals surface area contributed by atoms with Gasteiger partial charge in [-0.25, -0.2) is 0 Å². The number of carbonyl (C=O) groups is 3. The Kier molecular flexibility index (Phi) is 8.22. The highest BCUT2D eigenvalue weighted by atomic mass is 35.5. The fourth-order valence-corrected chi connectivity index (χ4v) is 8.73. The molecule has 2 fully saturated rings. The third kappa shape index (κ3) is 4.69. The van der Waals surface area contributed by atoms with Crippen LogP contribution in [0.2, 0.25) is 5.02 Å². The SMILES string of the molecule is Cc1cccc(Cl)c1N1CC=C[C@]23S[C@@H]4/C=C\CCCOC(=O)[C@@H]4[C@H]2C(=O)N(CCCCCCO)C3C1=O. The van der Waals surface area contributed by atoms with Crippen molar-refractivity contribution in [3.05, 3.63) is 53.1 Å². The van der Waals surface area contributed by atoms with Gasteiger partial charge in [0.2, 0.25) is 5.91 Å². The Morgan fingerprint density at radius 3 is 2.74 bits per heavy atom. The number of hydrogen-bond donors (Lipinski definition) is 1. The second-order valence-electron chi connectivity index (χ2n) is 10.5. The first-order chi connectivity index (χ1) is 18.4. The maximum absolute atomic E-state index is 14.5. The first-order valence-electron chi connectivity index (χ1n) is 13.6. The molecule has 0 aliphatic carbocycles. The van der Waals surface area contributed by atoms with Gasteiger partial charge in [0.25, 0.3) is 5.91 Å². The number of rotatable bonds is 7. The maximum atomic E-state index is 14.5. The molecule has 1 unspecified atom stereocenters. The Labute approximate surface area is 233 Å². The van der Waals surface area contributed by atoms with Gasteiger partial charge in [-0.2, -0.15) is 0 Å². The van der Waals surface area contributed by atoms with E-state index in [1.54, 1.807) is 27.6 Å². The van der Waals surface area contributed by atoms with Crippen LogP contribution in [0.15, 0.2) is 42.5 Å². The molecule has 204 valence electrons. The molecule has 4 aliphatic heterocycles. The fraction of sp³-hybridized carbons (Fsp3) is 0.552. The molecule has 9 heteroatoms. The molecule has 0 radical (unpaired) electrons. The molecule has 1 aromatic rings. The van der Waals surface area contributed by atoms with Crippen molar-refractivity contribution in [1.29, 1.82) is 0 Å². The summed E-state index contributed by atoms with van der Waals surface area (Å²) in [6, 6.07) is 4.81. The average Bonchev–Trinajstić information content (AvgIpc) is 3.30. The molecule has 7 nitrogen and oxygen atoms in total. The number of cyclic esters (lactones) is 1. The largest absolute Gasteiger partial charge is 0.465 e. The van der Waals surface area contributed by atoms with E-state index >= 15 is 0 Å². The summed E-state index contributed by atoms with van der Waals surface area (Å²) in [5.74, 6) is -2.00. The quantitative estimate of drug-likeness (QED) is 0.305. The Morgan fingerprint density at radius 1 is 1.13 bits per heavy atom. The summed E-state index contributed by atoms with van der Waals surface area (Å²) in [6.07, 6.45) is 12.8. The number of esters is 1. The molecule has 5 rings (SSSR count). The van der Waals surface area contributed by atoms with Gasteiger partial charge in [-0.05, 0) is 44.2 Å². The number of aliphatic hydroxyl groups is 1. The number of hydrogen-bond acceptors (Lipinski definition) is 6. The fourth-order valence-electron chi connectivity index (χ4n) is 6.41. The maximum Gasteiger partial charge on any atom is 0.311 e. The van der Waals surface area contributed by atoms with Gasteiger partial charge in [0.15, 0.2) is 0 Å². The molecule has 1 spiro atoms. The summed E-state index contributed by atoms with van der Waals surface area (Å²) >= 11 is 8.17. The number of anilines is 1. The normalized spacial score (nSPS) is 31.6. The molecule has 1 N–H and O–H groups in total. The van der Waals surface area contributed by atoms with Crippen LogP contribution in [0.5, 0.6) is 0 Å². The summed E-state index contributed by atoms with van der Waals surface area (Å²) in [5, 5.41) is 9.39. The molecule has 0 bridgehead atoms. The van der Waals surface area contributed by atoms with Crippen molar-refractivity contribution in [3.8, 4) is 0 Å². The number of para-hydroxylation sites is 1. The molecule has 2 saturated heterocycles. The molecular formula is C29H35ClN2O5S. The van der Waals surface area contributed by atoms with E-state index in [1.165, 1.54) is 0 Å². The number of nitrogens with zero attached hydrogens (tertiary/aromatic N) is 2. The Balaban J connectivity index is 1.56. The number of likely N-dealkylation sites (tertiary alicyclic amines) is 1. The van der Waals surface area contributed by atoms with Crippen molar-refractivity contribution in [2.24, 2.45) is 11.8 Å². The number of amides is 2. The number of halogens is 1. The van der Waals surface area contributed by atoms with E-state index in [0.717, 1.165) is 37.7 Å². The summed E-state index contributed by atoms with van der Waals surface area (Å²) in [7, 11) is 0. The second-order valence-corrected chi connectivity index (χ2v) is 12.4. The van der Waals surface area contributed by atoms with E-state index in [4.69, 9.17) is 21.4 Å². The van der Waals surface area contributed by atoms with E-state index in [1.807, 2.05) is 37.3 Å². The van der Waals surface area contributed by atoms with Gasteiger partial charge in [0.1, 0.15) is 6.04 Å².